The maximum absolute atomic E-state index is 12.2. The van der Waals surface area contributed by atoms with Gasteiger partial charge in [-0.1, -0.05) is 20.3 Å². The van der Waals surface area contributed by atoms with E-state index in [4.69, 9.17) is 5.73 Å². The number of aliphatic imine (C=N–C) groups is 1. The molecule has 19 heavy (non-hydrogen) atoms. The van der Waals surface area contributed by atoms with Crippen LogP contribution in [-0.4, -0.2) is 52.9 Å². The topological polar surface area (TPSA) is 61.9 Å². The summed E-state index contributed by atoms with van der Waals surface area (Å²) >= 11 is 0. The second-order valence-electron chi connectivity index (χ2n) is 6.51. The number of hydrogen-bond donors (Lipinski definition) is 1. The van der Waals surface area contributed by atoms with Crippen LogP contribution in [0.15, 0.2) is 4.99 Å². The quantitative estimate of drug-likeness (QED) is 0.820. The summed E-state index contributed by atoms with van der Waals surface area (Å²) in [5.74, 6) is 1.01. The summed E-state index contributed by atoms with van der Waals surface area (Å²) in [4.78, 5) is 20.8. The Morgan fingerprint density at radius 3 is 2.95 bits per heavy atom. The fraction of sp³-hybridized carbons (Fsp3) is 0.857. The van der Waals surface area contributed by atoms with Gasteiger partial charge < -0.3 is 10.6 Å². The predicted octanol–water partition coefficient (Wildman–Crippen LogP) is 1.43. The standard InChI is InChI=1S/C14H24N4O/c1-10(2)9-18-13(19)16-12(15)14(18)6-8-17-7-4-3-5-11(14)17/h10-11H,3-9H2,1-2H3,(H2,15,16,19). The molecule has 2 atom stereocenters. The lowest BCUT2D eigenvalue weighted by molar-refractivity contribution is 0.100. The summed E-state index contributed by atoms with van der Waals surface area (Å²) in [7, 11) is 0. The maximum Gasteiger partial charge on any atom is 0.346 e. The highest BCUT2D eigenvalue weighted by Crippen LogP contribution is 2.42. The van der Waals surface area contributed by atoms with Gasteiger partial charge in [0.2, 0.25) is 0 Å². The van der Waals surface area contributed by atoms with Crippen LogP contribution in [0.5, 0.6) is 0 Å². The lowest BCUT2D eigenvalue weighted by Gasteiger charge is -2.43. The van der Waals surface area contributed by atoms with Crippen molar-refractivity contribution in [2.75, 3.05) is 19.6 Å². The Labute approximate surface area is 114 Å². The average Bonchev–Trinajstić information content (AvgIpc) is 2.85. The van der Waals surface area contributed by atoms with Crippen molar-refractivity contribution < 1.29 is 4.79 Å². The Balaban J connectivity index is 1.95. The highest BCUT2D eigenvalue weighted by atomic mass is 16.2. The van der Waals surface area contributed by atoms with Gasteiger partial charge >= 0.3 is 6.03 Å². The lowest BCUT2D eigenvalue weighted by atomic mass is 9.83. The van der Waals surface area contributed by atoms with Crippen molar-refractivity contribution in [3.05, 3.63) is 0 Å². The zero-order valence-electron chi connectivity index (χ0n) is 11.9. The van der Waals surface area contributed by atoms with E-state index in [1.54, 1.807) is 0 Å². The number of hydrogen-bond acceptors (Lipinski definition) is 3. The van der Waals surface area contributed by atoms with Crippen LogP contribution in [0.1, 0.15) is 39.5 Å². The van der Waals surface area contributed by atoms with Crippen molar-refractivity contribution in [1.29, 1.82) is 0 Å². The molecule has 0 radical (unpaired) electrons. The second-order valence-corrected chi connectivity index (χ2v) is 6.51. The van der Waals surface area contributed by atoms with E-state index in [0.29, 0.717) is 17.8 Å². The number of carbonyl (C=O) groups excluding carboxylic acids is 1. The van der Waals surface area contributed by atoms with Crippen molar-refractivity contribution in [2.24, 2.45) is 16.6 Å². The van der Waals surface area contributed by atoms with Crippen molar-refractivity contribution >= 4 is 11.9 Å². The van der Waals surface area contributed by atoms with Crippen molar-refractivity contribution in [1.82, 2.24) is 9.80 Å². The monoisotopic (exact) mass is 264 g/mol. The summed E-state index contributed by atoms with van der Waals surface area (Å²) < 4.78 is 0. The Morgan fingerprint density at radius 1 is 1.42 bits per heavy atom. The number of amides is 2. The molecule has 2 N–H and O–H groups in total. The van der Waals surface area contributed by atoms with Gasteiger partial charge in [-0.2, -0.15) is 4.99 Å². The Bertz CT molecular complexity index is 420. The van der Waals surface area contributed by atoms with E-state index in [1.807, 2.05) is 4.90 Å². The zero-order chi connectivity index (χ0) is 13.6. The fourth-order valence-corrected chi connectivity index (χ4v) is 4.07. The zero-order valence-corrected chi connectivity index (χ0v) is 11.9. The Hall–Kier alpha value is -1.10. The normalized spacial score (nSPS) is 35.3. The van der Waals surface area contributed by atoms with Crippen LogP contribution in [0.2, 0.25) is 0 Å². The first-order valence-corrected chi connectivity index (χ1v) is 7.46. The number of rotatable bonds is 2. The highest BCUT2D eigenvalue weighted by molar-refractivity contribution is 6.06. The first-order valence-electron chi connectivity index (χ1n) is 7.46. The number of nitrogens with zero attached hydrogens (tertiary/aromatic N) is 3. The SMILES string of the molecule is CC(C)CN1C(=O)N=C(N)C12CCN1CCCCC12. The molecule has 0 aromatic heterocycles. The summed E-state index contributed by atoms with van der Waals surface area (Å²) in [6.07, 6.45) is 4.59. The second kappa shape index (κ2) is 4.47. The number of amidine groups is 1. The molecule has 106 valence electrons. The molecule has 0 saturated carbocycles. The maximum atomic E-state index is 12.2. The molecule has 3 rings (SSSR count). The van der Waals surface area contributed by atoms with Gasteiger partial charge in [0, 0.05) is 19.1 Å². The first-order chi connectivity index (χ1) is 9.05. The third-order valence-electron chi connectivity index (χ3n) is 4.87. The van der Waals surface area contributed by atoms with Crippen LogP contribution in [-0.2, 0) is 0 Å². The molecule has 0 aromatic carbocycles. The molecule has 0 aromatic rings. The van der Waals surface area contributed by atoms with Gasteiger partial charge in [0.1, 0.15) is 11.4 Å². The fourth-order valence-electron chi connectivity index (χ4n) is 4.07. The van der Waals surface area contributed by atoms with Crippen LogP contribution in [0.3, 0.4) is 0 Å². The van der Waals surface area contributed by atoms with Crippen molar-refractivity contribution in [3.8, 4) is 0 Å². The van der Waals surface area contributed by atoms with Gasteiger partial charge in [0.05, 0.1) is 0 Å². The van der Waals surface area contributed by atoms with E-state index in [1.165, 1.54) is 12.8 Å². The van der Waals surface area contributed by atoms with Crippen LogP contribution in [0.25, 0.3) is 0 Å². The molecule has 5 heteroatoms. The van der Waals surface area contributed by atoms with Gasteiger partial charge in [0.25, 0.3) is 0 Å². The average molecular weight is 264 g/mol. The summed E-state index contributed by atoms with van der Waals surface area (Å²) in [6, 6.07) is 0.258. The van der Waals surface area contributed by atoms with Gasteiger partial charge in [-0.15, -0.1) is 0 Å². The smallest absolute Gasteiger partial charge is 0.346 e. The molecule has 2 unspecified atom stereocenters. The third-order valence-corrected chi connectivity index (χ3v) is 4.87. The van der Waals surface area contributed by atoms with Gasteiger partial charge in [-0.05, 0) is 31.7 Å². The highest BCUT2D eigenvalue weighted by Gasteiger charge is 2.58. The number of fused-ring (bicyclic) bond motifs is 2. The molecule has 3 aliphatic heterocycles. The number of piperidine rings is 1. The van der Waals surface area contributed by atoms with Crippen LogP contribution in [0.4, 0.5) is 4.79 Å². The van der Waals surface area contributed by atoms with E-state index in [-0.39, 0.29) is 11.6 Å². The number of urea groups is 1. The van der Waals surface area contributed by atoms with Crippen LogP contribution >= 0.6 is 0 Å². The minimum absolute atomic E-state index is 0.126. The summed E-state index contributed by atoms with van der Waals surface area (Å²) in [5.41, 5.74) is 5.90. The molecule has 2 amide bonds. The molecule has 0 aliphatic carbocycles. The molecule has 1 spiro atoms. The number of nitrogens with two attached hydrogens (primary N) is 1. The van der Waals surface area contributed by atoms with Crippen LogP contribution in [0, 0.1) is 5.92 Å². The molecule has 0 bridgehead atoms. The van der Waals surface area contributed by atoms with Gasteiger partial charge in [-0.25, -0.2) is 4.79 Å². The summed E-state index contributed by atoms with van der Waals surface area (Å²) in [5, 5.41) is 0. The molecular formula is C14H24N4O. The molecule has 2 fully saturated rings. The van der Waals surface area contributed by atoms with Crippen molar-refractivity contribution in [2.45, 2.75) is 51.1 Å². The number of carbonyl (C=O) groups is 1. The van der Waals surface area contributed by atoms with Gasteiger partial charge in [0.15, 0.2) is 0 Å². The molecule has 5 nitrogen and oxygen atoms in total. The van der Waals surface area contributed by atoms with E-state index in [2.05, 4.69) is 23.7 Å². The summed E-state index contributed by atoms with van der Waals surface area (Å²) in [6.45, 7) is 7.23. The predicted molar refractivity (Wildman–Crippen MR) is 75.1 cm³/mol. The van der Waals surface area contributed by atoms with Gasteiger partial charge in [-0.3, -0.25) is 4.90 Å². The molecule has 2 saturated heterocycles. The van der Waals surface area contributed by atoms with E-state index >= 15 is 0 Å². The van der Waals surface area contributed by atoms with Crippen LogP contribution < -0.4 is 5.73 Å². The molecular weight excluding hydrogens is 240 g/mol. The molecule has 3 aliphatic rings. The largest absolute Gasteiger partial charge is 0.385 e. The van der Waals surface area contributed by atoms with E-state index in [0.717, 1.165) is 32.5 Å². The minimum Gasteiger partial charge on any atom is -0.385 e. The molecule has 3 heterocycles. The third kappa shape index (κ3) is 1.78. The first kappa shape index (κ1) is 12.9. The van der Waals surface area contributed by atoms with E-state index in [9.17, 15) is 4.79 Å². The van der Waals surface area contributed by atoms with E-state index < -0.39 is 0 Å². The van der Waals surface area contributed by atoms with Crippen molar-refractivity contribution in [3.63, 3.8) is 0 Å². The Morgan fingerprint density at radius 2 is 2.21 bits per heavy atom. The lowest BCUT2D eigenvalue weighted by Crippen LogP contribution is -2.62. The Kier molecular flexibility index (Phi) is 3.04. The minimum atomic E-state index is -0.304.